The fourth-order valence-electron chi connectivity index (χ4n) is 2.26. The van der Waals surface area contributed by atoms with Gasteiger partial charge in [-0.2, -0.15) is 0 Å². The van der Waals surface area contributed by atoms with Crippen LogP contribution in [0.4, 0.5) is 0 Å². The third-order valence-electron chi connectivity index (χ3n) is 3.43. The zero-order valence-electron chi connectivity index (χ0n) is 12.2. The molecule has 1 N–H and O–H groups in total. The van der Waals surface area contributed by atoms with E-state index in [4.69, 9.17) is 0 Å². The Bertz CT molecular complexity index is 770. The summed E-state index contributed by atoms with van der Waals surface area (Å²) in [4.78, 5) is 20.1. The molecule has 114 valence electrons. The molecule has 0 aliphatic rings. The molecule has 0 atom stereocenters. The van der Waals surface area contributed by atoms with Crippen molar-refractivity contribution in [2.24, 2.45) is 7.05 Å². The average molecular weight is 317 g/mol. The molecule has 2 aromatic heterocycles. The molecule has 5 nitrogen and oxygen atoms in total. The van der Waals surface area contributed by atoms with E-state index >= 15 is 0 Å². The van der Waals surface area contributed by atoms with Crippen molar-refractivity contribution in [1.82, 2.24) is 19.9 Å². The molecule has 22 heavy (non-hydrogen) atoms. The smallest absolute Gasteiger partial charge is 0.251 e. The molecule has 1 aromatic carbocycles. The summed E-state index contributed by atoms with van der Waals surface area (Å²) in [6.07, 6.45) is 5.82. The van der Waals surface area contributed by atoms with E-state index in [9.17, 15) is 4.79 Å². The van der Waals surface area contributed by atoms with Gasteiger partial charge in [-0.1, -0.05) is 6.07 Å². The molecule has 2 heterocycles. The van der Waals surface area contributed by atoms with E-state index < -0.39 is 0 Å². The van der Waals surface area contributed by atoms with E-state index in [1.807, 2.05) is 11.6 Å². The van der Waals surface area contributed by atoms with Crippen LogP contribution in [0.1, 0.15) is 15.9 Å². The molecule has 3 rings (SSSR count). The average Bonchev–Trinajstić information content (AvgIpc) is 2.89. The van der Waals surface area contributed by atoms with Crippen molar-refractivity contribution in [3.05, 3.63) is 60.2 Å². The maximum Gasteiger partial charge on any atom is 0.251 e. The highest BCUT2D eigenvalue weighted by Gasteiger charge is 2.05. The molecular weight excluding hydrogens is 300 g/mol. The predicted octanol–water partition coefficient (Wildman–Crippen LogP) is 2.36. The molecule has 0 aliphatic carbocycles. The number of pyridine rings is 1. The summed E-state index contributed by atoms with van der Waals surface area (Å²) >= 11 is 0. The van der Waals surface area contributed by atoms with Crippen molar-refractivity contribution in [3.8, 4) is 0 Å². The van der Waals surface area contributed by atoms with Crippen LogP contribution in [0.3, 0.4) is 0 Å². The molecule has 0 aliphatic heterocycles. The number of carbonyl (C=O) groups excluding carboxylic acids is 1. The first-order valence-corrected chi connectivity index (χ1v) is 6.82. The summed E-state index contributed by atoms with van der Waals surface area (Å²) in [6, 6.07) is 9.60. The first-order valence-electron chi connectivity index (χ1n) is 6.82. The second-order valence-corrected chi connectivity index (χ2v) is 4.92. The van der Waals surface area contributed by atoms with Crippen molar-refractivity contribution in [1.29, 1.82) is 0 Å². The van der Waals surface area contributed by atoms with Gasteiger partial charge >= 0.3 is 0 Å². The van der Waals surface area contributed by atoms with Crippen LogP contribution in [0.2, 0.25) is 0 Å². The Kier molecular flexibility index (Phi) is 5.12. The summed E-state index contributed by atoms with van der Waals surface area (Å²) in [7, 11) is 1.98. The van der Waals surface area contributed by atoms with Crippen molar-refractivity contribution in [2.45, 2.75) is 6.42 Å². The van der Waals surface area contributed by atoms with Gasteiger partial charge in [0.2, 0.25) is 0 Å². The number of hydrogen-bond acceptors (Lipinski definition) is 3. The second-order valence-electron chi connectivity index (χ2n) is 4.92. The van der Waals surface area contributed by atoms with E-state index in [0.29, 0.717) is 12.1 Å². The Balaban J connectivity index is 0.00000176. The third kappa shape index (κ3) is 3.43. The highest BCUT2D eigenvalue weighted by molar-refractivity contribution is 5.93. The Morgan fingerprint density at radius 1 is 1.23 bits per heavy atom. The van der Waals surface area contributed by atoms with Crippen LogP contribution in [-0.4, -0.2) is 27.0 Å². The number of imidazole rings is 1. The fraction of sp³-hybridized carbons (Fsp3) is 0.188. The van der Waals surface area contributed by atoms with Gasteiger partial charge < -0.3 is 9.88 Å². The minimum atomic E-state index is -0.0729. The van der Waals surface area contributed by atoms with Crippen molar-refractivity contribution in [3.63, 3.8) is 0 Å². The number of aryl methyl sites for hydroxylation is 1. The van der Waals surface area contributed by atoms with Gasteiger partial charge in [-0.25, -0.2) is 4.98 Å². The molecule has 0 bridgehead atoms. The van der Waals surface area contributed by atoms with Crippen LogP contribution >= 0.6 is 12.4 Å². The van der Waals surface area contributed by atoms with Crippen LogP contribution in [0.25, 0.3) is 11.0 Å². The monoisotopic (exact) mass is 316 g/mol. The third-order valence-corrected chi connectivity index (χ3v) is 3.43. The summed E-state index contributed by atoms with van der Waals surface area (Å²) in [5, 5.41) is 2.91. The number of benzene rings is 1. The largest absolute Gasteiger partial charge is 0.352 e. The van der Waals surface area contributed by atoms with Gasteiger partial charge in [0.1, 0.15) is 0 Å². The van der Waals surface area contributed by atoms with Gasteiger partial charge in [0.15, 0.2) is 0 Å². The molecule has 0 radical (unpaired) electrons. The lowest BCUT2D eigenvalue weighted by Crippen LogP contribution is -2.25. The number of carbonyl (C=O) groups is 1. The zero-order chi connectivity index (χ0) is 14.7. The van der Waals surface area contributed by atoms with Gasteiger partial charge in [-0.05, 0) is 36.2 Å². The highest BCUT2D eigenvalue weighted by Crippen LogP contribution is 2.14. The molecule has 0 saturated heterocycles. The maximum atomic E-state index is 11.9. The molecule has 6 heteroatoms. The molecule has 0 spiro atoms. The van der Waals surface area contributed by atoms with Gasteiger partial charge in [-0.3, -0.25) is 9.78 Å². The van der Waals surface area contributed by atoms with Gasteiger partial charge in [-0.15, -0.1) is 12.4 Å². The van der Waals surface area contributed by atoms with E-state index in [0.717, 1.165) is 23.0 Å². The van der Waals surface area contributed by atoms with E-state index in [-0.39, 0.29) is 18.3 Å². The van der Waals surface area contributed by atoms with Gasteiger partial charge in [0.25, 0.3) is 5.91 Å². The fourth-order valence-corrected chi connectivity index (χ4v) is 2.26. The number of nitrogens with zero attached hydrogens (tertiary/aromatic N) is 3. The quantitative estimate of drug-likeness (QED) is 0.804. The van der Waals surface area contributed by atoms with Crippen LogP contribution < -0.4 is 5.32 Å². The van der Waals surface area contributed by atoms with Crippen molar-refractivity contribution >= 4 is 29.3 Å². The normalized spacial score (nSPS) is 10.2. The minimum Gasteiger partial charge on any atom is -0.352 e. The molecular formula is C16H17ClN4O. The summed E-state index contributed by atoms with van der Waals surface area (Å²) in [6.45, 7) is 0.597. The SMILES string of the molecule is Cl.Cn1cnc2cc(CCNC(=O)c3ccncc3)ccc21. The Morgan fingerprint density at radius 2 is 2.00 bits per heavy atom. The zero-order valence-corrected chi connectivity index (χ0v) is 13.0. The lowest BCUT2D eigenvalue weighted by atomic mass is 10.1. The van der Waals surface area contributed by atoms with Crippen molar-refractivity contribution < 1.29 is 4.79 Å². The van der Waals surface area contributed by atoms with E-state index in [1.54, 1.807) is 30.9 Å². The predicted molar refractivity (Wildman–Crippen MR) is 88.2 cm³/mol. The number of aromatic nitrogens is 3. The maximum absolute atomic E-state index is 11.9. The number of fused-ring (bicyclic) bond motifs is 1. The van der Waals surface area contributed by atoms with Crippen LogP contribution in [0.5, 0.6) is 0 Å². The standard InChI is InChI=1S/C16H16N4O.ClH/c1-20-11-19-14-10-12(2-3-15(14)20)4-9-18-16(21)13-5-7-17-8-6-13;/h2-3,5-8,10-11H,4,9H2,1H3,(H,18,21);1H. The Labute approximate surface area is 134 Å². The van der Waals surface area contributed by atoms with Gasteiger partial charge in [0.05, 0.1) is 17.4 Å². The van der Waals surface area contributed by atoms with Crippen LogP contribution in [-0.2, 0) is 13.5 Å². The topological polar surface area (TPSA) is 59.8 Å². The number of rotatable bonds is 4. The number of halogens is 1. The summed E-state index contributed by atoms with van der Waals surface area (Å²) in [5.41, 5.74) is 3.89. The summed E-state index contributed by atoms with van der Waals surface area (Å²) < 4.78 is 1.99. The minimum absolute atomic E-state index is 0. The lowest BCUT2D eigenvalue weighted by molar-refractivity contribution is 0.0954. The molecule has 1 amide bonds. The lowest BCUT2D eigenvalue weighted by Gasteiger charge is -2.05. The first-order chi connectivity index (χ1) is 10.2. The second kappa shape index (κ2) is 7.04. The van der Waals surface area contributed by atoms with Crippen LogP contribution in [0, 0.1) is 0 Å². The van der Waals surface area contributed by atoms with E-state index in [1.165, 1.54) is 0 Å². The molecule has 3 aromatic rings. The molecule has 0 fully saturated rings. The first kappa shape index (κ1) is 16.0. The summed E-state index contributed by atoms with van der Waals surface area (Å²) in [5.74, 6) is -0.0729. The molecule has 0 unspecified atom stereocenters. The van der Waals surface area contributed by atoms with Crippen molar-refractivity contribution in [2.75, 3.05) is 6.54 Å². The molecule has 0 saturated carbocycles. The van der Waals surface area contributed by atoms with E-state index in [2.05, 4.69) is 33.5 Å². The Hall–Kier alpha value is -2.40. The Morgan fingerprint density at radius 3 is 2.77 bits per heavy atom. The van der Waals surface area contributed by atoms with Crippen LogP contribution in [0.15, 0.2) is 49.1 Å². The number of nitrogens with one attached hydrogen (secondary N) is 1. The number of amides is 1. The van der Waals surface area contributed by atoms with Gasteiger partial charge in [0, 0.05) is 31.5 Å². The highest BCUT2D eigenvalue weighted by atomic mass is 35.5. The number of hydrogen-bond donors (Lipinski definition) is 1.